The lowest BCUT2D eigenvalue weighted by molar-refractivity contribution is -0.122. The van der Waals surface area contributed by atoms with E-state index in [-0.39, 0.29) is 18.4 Å². The van der Waals surface area contributed by atoms with Crippen LogP contribution in [-0.4, -0.2) is 24.5 Å². The normalized spacial score (nSPS) is 22.4. The van der Waals surface area contributed by atoms with Crippen LogP contribution in [0.2, 0.25) is 0 Å². The van der Waals surface area contributed by atoms with Crippen LogP contribution in [0.1, 0.15) is 25.3 Å². The van der Waals surface area contributed by atoms with Crippen molar-refractivity contribution in [1.29, 1.82) is 10.5 Å². The maximum absolute atomic E-state index is 12.1. The quantitative estimate of drug-likeness (QED) is 0.882. The summed E-state index contributed by atoms with van der Waals surface area (Å²) in [5.74, 6) is -0.127. The number of carbonyl (C=O) groups is 1. The van der Waals surface area contributed by atoms with E-state index in [4.69, 9.17) is 10.5 Å². The SMILES string of the molecule is CC1CCNC(=O)C(CC#N)N1c1cccc(C#N)c1. The van der Waals surface area contributed by atoms with Gasteiger partial charge in [0.05, 0.1) is 24.1 Å². The van der Waals surface area contributed by atoms with Crippen molar-refractivity contribution in [2.75, 3.05) is 11.4 Å². The maximum atomic E-state index is 12.1. The summed E-state index contributed by atoms with van der Waals surface area (Å²) in [6, 6.07) is 11.0. The molecule has 1 N–H and O–H groups in total. The third-order valence-electron chi connectivity index (χ3n) is 3.53. The van der Waals surface area contributed by atoms with Gasteiger partial charge in [0, 0.05) is 18.3 Å². The lowest BCUT2D eigenvalue weighted by Gasteiger charge is -2.34. The standard InChI is InChI=1S/C15H16N4O/c1-11-6-8-18-15(20)14(5-7-16)19(11)13-4-2-3-12(9-13)10-17/h2-4,9,11,14H,5-6,8H2,1H3,(H,18,20). The van der Waals surface area contributed by atoms with Gasteiger partial charge in [-0.3, -0.25) is 4.79 Å². The van der Waals surface area contributed by atoms with Crippen LogP contribution in [-0.2, 0) is 4.79 Å². The summed E-state index contributed by atoms with van der Waals surface area (Å²) >= 11 is 0. The Balaban J connectivity index is 2.43. The molecule has 5 nitrogen and oxygen atoms in total. The van der Waals surface area contributed by atoms with Crippen molar-refractivity contribution in [1.82, 2.24) is 5.32 Å². The van der Waals surface area contributed by atoms with Crippen LogP contribution in [0, 0.1) is 22.7 Å². The molecule has 1 amide bonds. The largest absolute Gasteiger partial charge is 0.356 e. The van der Waals surface area contributed by atoms with Crippen LogP contribution in [0.15, 0.2) is 24.3 Å². The minimum Gasteiger partial charge on any atom is -0.356 e. The molecule has 20 heavy (non-hydrogen) atoms. The zero-order valence-corrected chi connectivity index (χ0v) is 11.3. The smallest absolute Gasteiger partial charge is 0.243 e. The number of hydrogen-bond acceptors (Lipinski definition) is 4. The van der Waals surface area contributed by atoms with Crippen LogP contribution in [0.5, 0.6) is 0 Å². The number of anilines is 1. The van der Waals surface area contributed by atoms with E-state index in [1.54, 1.807) is 18.2 Å². The second-order valence-corrected chi connectivity index (χ2v) is 4.88. The molecular weight excluding hydrogens is 252 g/mol. The molecule has 1 saturated heterocycles. The third-order valence-corrected chi connectivity index (χ3v) is 3.53. The molecule has 2 unspecified atom stereocenters. The van der Waals surface area contributed by atoms with E-state index in [9.17, 15) is 4.79 Å². The Hall–Kier alpha value is -2.53. The number of amides is 1. The van der Waals surface area contributed by atoms with Crippen molar-refractivity contribution < 1.29 is 4.79 Å². The van der Waals surface area contributed by atoms with E-state index in [0.29, 0.717) is 12.1 Å². The molecule has 1 fully saturated rings. The fraction of sp³-hybridized carbons (Fsp3) is 0.400. The van der Waals surface area contributed by atoms with Crippen LogP contribution in [0.25, 0.3) is 0 Å². The van der Waals surface area contributed by atoms with Gasteiger partial charge in [0.25, 0.3) is 0 Å². The molecule has 2 rings (SSSR count). The van der Waals surface area contributed by atoms with Crippen LogP contribution in [0.3, 0.4) is 0 Å². The molecule has 0 aliphatic carbocycles. The van der Waals surface area contributed by atoms with Gasteiger partial charge < -0.3 is 10.2 Å². The number of carbonyl (C=O) groups excluding carboxylic acids is 1. The highest BCUT2D eigenvalue weighted by molar-refractivity contribution is 5.86. The molecule has 5 heteroatoms. The van der Waals surface area contributed by atoms with E-state index in [1.807, 2.05) is 17.9 Å². The number of nitriles is 2. The third kappa shape index (κ3) is 2.73. The zero-order valence-electron chi connectivity index (χ0n) is 11.3. The summed E-state index contributed by atoms with van der Waals surface area (Å²) in [6.45, 7) is 2.64. The lowest BCUT2D eigenvalue weighted by Crippen LogP contribution is -2.47. The first kappa shape index (κ1) is 13.9. The summed E-state index contributed by atoms with van der Waals surface area (Å²) in [5.41, 5.74) is 1.36. The number of nitrogens with one attached hydrogen (secondary N) is 1. The first-order chi connectivity index (χ1) is 9.67. The average molecular weight is 268 g/mol. The Bertz CT molecular complexity index is 584. The van der Waals surface area contributed by atoms with E-state index < -0.39 is 6.04 Å². The highest BCUT2D eigenvalue weighted by Gasteiger charge is 2.32. The molecule has 0 aromatic heterocycles. The monoisotopic (exact) mass is 268 g/mol. The fourth-order valence-corrected chi connectivity index (χ4v) is 2.54. The van der Waals surface area contributed by atoms with Gasteiger partial charge in [-0.1, -0.05) is 6.07 Å². The minimum absolute atomic E-state index is 0.126. The van der Waals surface area contributed by atoms with Crippen LogP contribution >= 0.6 is 0 Å². The van der Waals surface area contributed by atoms with Crippen LogP contribution < -0.4 is 10.2 Å². The van der Waals surface area contributed by atoms with Crippen molar-refractivity contribution in [3.8, 4) is 12.1 Å². The van der Waals surface area contributed by atoms with Gasteiger partial charge in [-0.25, -0.2) is 0 Å². The Morgan fingerprint density at radius 3 is 2.95 bits per heavy atom. The second-order valence-electron chi connectivity index (χ2n) is 4.88. The van der Waals surface area contributed by atoms with Gasteiger partial charge in [-0.15, -0.1) is 0 Å². The fourth-order valence-electron chi connectivity index (χ4n) is 2.54. The summed E-state index contributed by atoms with van der Waals surface area (Å²) in [4.78, 5) is 14.1. The topological polar surface area (TPSA) is 79.9 Å². The molecule has 102 valence electrons. The van der Waals surface area contributed by atoms with Gasteiger partial charge >= 0.3 is 0 Å². The minimum atomic E-state index is -0.508. The number of rotatable bonds is 2. The molecule has 2 atom stereocenters. The summed E-state index contributed by atoms with van der Waals surface area (Å²) in [7, 11) is 0. The van der Waals surface area contributed by atoms with Gasteiger partial charge in [0.1, 0.15) is 6.04 Å². The van der Waals surface area contributed by atoms with Gasteiger partial charge in [0.15, 0.2) is 0 Å². The Morgan fingerprint density at radius 1 is 1.45 bits per heavy atom. The molecule has 1 heterocycles. The van der Waals surface area contributed by atoms with E-state index in [0.717, 1.165) is 12.1 Å². The van der Waals surface area contributed by atoms with Crippen molar-refractivity contribution in [3.05, 3.63) is 29.8 Å². The second kappa shape index (κ2) is 6.08. The van der Waals surface area contributed by atoms with Gasteiger partial charge in [-0.2, -0.15) is 10.5 Å². The van der Waals surface area contributed by atoms with Crippen molar-refractivity contribution in [3.63, 3.8) is 0 Å². The number of nitrogens with zero attached hydrogens (tertiary/aromatic N) is 3. The Kier molecular flexibility index (Phi) is 4.22. The molecule has 0 saturated carbocycles. The summed E-state index contributed by atoms with van der Waals surface area (Å²) in [5, 5.41) is 20.8. The Labute approximate surface area is 118 Å². The molecule has 1 aromatic carbocycles. The highest BCUT2D eigenvalue weighted by atomic mass is 16.2. The van der Waals surface area contributed by atoms with Crippen molar-refractivity contribution in [2.24, 2.45) is 0 Å². The van der Waals surface area contributed by atoms with Crippen molar-refractivity contribution in [2.45, 2.75) is 31.8 Å². The predicted molar refractivity (Wildman–Crippen MR) is 74.7 cm³/mol. The first-order valence-corrected chi connectivity index (χ1v) is 6.60. The predicted octanol–water partition coefficient (Wildman–Crippen LogP) is 1.56. The summed E-state index contributed by atoms with van der Waals surface area (Å²) in [6.07, 6.45) is 0.942. The zero-order chi connectivity index (χ0) is 14.5. The molecular formula is C15H16N4O. The highest BCUT2D eigenvalue weighted by Crippen LogP contribution is 2.25. The first-order valence-electron chi connectivity index (χ1n) is 6.60. The molecule has 1 aliphatic heterocycles. The van der Waals surface area contributed by atoms with Gasteiger partial charge in [-0.05, 0) is 31.5 Å². The number of benzene rings is 1. The molecule has 1 aromatic rings. The van der Waals surface area contributed by atoms with Crippen LogP contribution in [0.4, 0.5) is 5.69 Å². The molecule has 0 bridgehead atoms. The van der Waals surface area contributed by atoms with E-state index >= 15 is 0 Å². The maximum Gasteiger partial charge on any atom is 0.243 e. The summed E-state index contributed by atoms with van der Waals surface area (Å²) < 4.78 is 0. The van der Waals surface area contributed by atoms with Gasteiger partial charge in [0.2, 0.25) is 5.91 Å². The molecule has 0 spiro atoms. The number of hydrogen-bond donors (Lipinski definition) is 1. The molecule has 1 aliphatic rings. The van der Waals surface area contributed by atoms with E-state index in [2.05, 4.69) is 17.5 Å². The van der Waals surface area contributed by atoms with E-state index in [1.165, 1.54) is 0 Å². The van der Waals surface area contributed by atoms with Crippen molar-refractivity contribution >= 4 is 11.6 Å². The molecule has 0 radical (unpaired) electrons. The average Bonchev–Trinajstić information content (AvgIpc) is 2.59. The Morgan fingerprint density at radius 2 is 2.25 bits per heavy atom. The lowest BCUT2D eigenvalue weighted by atomic mass is 10.1.